The molecule has 0 bridgehead atoms. The summed E-state index contributed by atoms with van der Waals surface area (Å²) in [4.78, 5) is 7.78. The van der Waals surface area contributed by atoms with E-state index in [0.29, 0.717) is 28.0 Å². The van der Waals surface area contributed by atoms with Gasteiger partial charge in [0.1, 0.15) is 10.8 Å². The second-order valence-electron chi connectivity index (χ2n) is 3.31. The van der Waals surface area contributed by atoms with E-state index in [2.05, 4.69) is 39.7 Å². The molecule has 0 spiro atoms. The van der Waals surface area contributed by atoms with E-state index in [9.17, 15) is 0 Å². The Morgan fingerprint density at radius 2 is 2.21 bits per heavy atom. The van der Waals surface area contributed by atoms with E-state index in [0.717, 1.165) is 6.42 Å². The van der Waals surface area contributed by atoms with Crippen LogP contribution in [0.2, 0.25) is 5.15 Å². The third-order valence-corrected chi connectivity index (χ3v) is 2.88. The Labute approximate surface area is 97.0 Å². The number of ether oxygens (including phenoxy) is 1. The molecule has 1 rings (SSSR count). The third kappa shape index (κ3) is 3.42. The number of halogens is 2. The van der Waals surface area contributed by atoms with Crippen molar-refractivity contribution in [2.75, 3.05) is 6.61 Å². The largest absolute Gasteiger partial charge is 0.477 e. The first-order valence-electron chi connectivity index (χ1n) is 4.40. The zero-order valence-electron chi connectivity index (χ0n) is 8.13. The molecule has 0 amide bonds. The SMILES string of the molecule is CC(C)CCOc1ncnc(Cl)c1Br. The Hall–Kier alpha value is -0.350. The molecule has 78 valence electrons. The van der Waals surface area contributed by atoms with E-state index >= 15 is 0 Å². The first-order valence-corrected chi connectivity index (χ1v) is 5.57. The first kappa shape index (κ1) is 11.7. The van der Waals surface area contributed by atoms with Crippen LogP contribution in [0, 0.1) is 5.92 Å². The number of hydrogen-bond donors (Lipinski definition) is 0. The van der Waals surface area contributed by atoms with Crippen molar-refractivity contribution < 1.29 is 4.74 Å². The van der Waals surface area contributed by atoms with Crippen LogP contribution >= 0.6 is 27.5 Å². The smallest absolute Gasteiger partial charge is 0.232 e. The fourth-order valence-corrected chi connectivity index (χ4v) is 1.27. The van der Waals surface area contributed by atoms with Crippen molar-refractivity contribution in [3.8, 4) is 5.88 Å². The van der Waals surface area contributed by atoms with Crippen molar-refractivity contribution in [2.24, 2.45) is 5.92 Å². The zero-order chi connectivity index (χ0) is 10.6. The van der Waals surface area contributed by atoms with Gasteiger partial charge in [-0.2, -0.15) is 0 Å². The fourth-order valence-electron chi connectivity index (χ4n) is 0.826. The second kappa shape index (κ2) is 5.51. The third-order valence-electron chi connectivity index (χ3n) is 1.65. The molecule has 14 heavy (non-hydrogen) atoms. The van der Waals surface area contributed by atoms with Gasteiger partial charge >= 0.3 is 0 Å². The molecule has 0 saturated carbocycles. The van der Waals surface area contributed by atoms with Gasteiger partial charge in [0.05, 0.1) is 6.61 Å². The minimum atomic E-state index is 0.375. The van der Waals surface area contributed by atoms with Crippen LogP contribution in [0.4, 0.5) is 0 Å². The lowest BCUT2D eigenvalue weighted by Gasteiger charge is -2.08. The molecule has 1 heterocycles. The van der Waals surface area contributed by atoms with Gasteiger partial charge in [-0.25, -0.2) is 9.97 Å². The summed E-state index contributed by atoms with van der Waals surface area (Å²) >= 11 is 9.04. The van der Waals surface area contributed by atoms with Crippen molar-refractivity contribution in [3.63, 3.8) is 0 Å². The molecule has 0 saturated heterocycles. The molecule has 0 aliphatic carbocycles. The van der Waals surface area contributed by atoms with E-state index in [4.69, 9.17) is 16.3 Å². The van der Waals surface area contributed by atoms with Crippen molar-refractivity contribution in [1.29, 1.82) is 0 Å². The maximum absolute atomic E-state index is 5.78. The van der Waals surface area contributed by atoms with E-state index < -0.39 is 0 Å². The highest BCUT2D eigenvalue weighted by Crippen LogP contribution is 2.27. The van der Waals surface area contributed by atoms with Crippen molar-refractivity contribution in [2.45, 2.75) is 20.3 Å². The predicted molar refractivity (Wildman–Crippen MR) is 59.7 cm³/mol. The van der Waals surface area contributed by atoms with Crippen LogP contribution in [-0.2, 0) is 0 Å². The van der Waals surface area contributed by atoms with Crippen LogP contribution in [0.5, 0.6) is 5.88 Å². The molecular formula is C9H12BrClN2O. The summed E-state index contributed by atoms with van der Waals surface area (Å²) in [5.41, 5.74) is 0. The van der Waals surface area contributed by atoms with Gasteiger partial charge in [-0.05, 0) is 28.3 Å². The van der Waals surface area contributed by atoms with Crippen molar-refractivity contribution >= 4 is 27.5 Å². The molecular weight excluding hydrogens is 267 g/mol. The fraction of sp³-hybridized carbons (Fsp3) is 0.556. The molecule has 0 aliphatic rings. The quantitative estimate of drug-likeness (QED) is 0.793. The summed E-state index contributed by atoms with van der Waals surface area (Å²) in [6.45, 7) is 4.93. The summed E-state index contributed by atoms with van der Waals surface area (Å²) in [6, 6.07) is 0. The molecule has 0 atom stereocenters. The Kier molecular flexibility index (Phi) is 4.62. The van der Waals surface area contributed by atoms with Gasteiger partial charge in [-0.3, -0.25) is 0 Å². The number of rotatable bonds is 4. The molecule has 1 aromatic heterocycles. The first-order chi connectivity index (χ1) is 6.61. The summed E-state index contributed by atoms with van der Waals surface area (Å²) < 4.78 is 6.06. The normalized spacial score (nSPS) is 10.6. The topological polar surface area (TPSA) is 35.0 Å². The molecule has 0 aliphatic heterocycles. The van der Waals surface area contributed by atoms with Crippen molar-refractivity contribution in [1.82, 2.24) is 9.97 Å². The van der Waals surface area contributed by atoms with Crippen LogP contribution in [0.1, 0.15) is 20.3 Å². The van der Waals surface area contributed by atoms with E-state index in [1.54, 1.807) is 0 Å². The molecule has 3 nitrogen and oxygen atoms in total. The van der Waals surface area contributed by atoms with Crippen LogP contribution in [0.15, 0.2) is 10.8 Å². The highest BCUT2D eigenvalue weighted by molar-refractivity contribution is 9.10. The van der Waals surface area contributed by atoms with Gasteiger partial charge < -0.3 is 4.74 Å². The maximum atomic E-state index is 5.78. The van der Waals surface area contributed by atoms with Gasteiger partial charge in [-0.15, -0.1) is 0 Å². The van der Waals surface area contributed by atoms with Crippen LogP contribution in [-0.4, -0.2) is 16.6 Å². The Morgan fingerprint density at radius 3 is 2.86 bits per heavy atom. The average molecular weight is 280 g/mol. The number of nitrogens with zero attached hydrogens (tertiary/aromatic N) is 2. The maximum Gasteiger partial charge on any atom is 0.232 e. The highest BCUT2D eigenvalue weighted by Gasteiger charge is 2.07. The summed E-state index contributed by atoms with van der Waals surface area (Å²) in [7, 11) is 0. The summed E-state index contributed by atoms with van der Waals surface area (Å²) in [5, 5.41) is 0.375. The minimum Gasteiger partial charge on any atom is -0.477 e. The molecule has 1 aromatic rings. The molecule has 0 fully saturated rings. The van der Waals surface area contributed by atoms with Crippen LogP contribution in [0.25, 0.3) is 0 Å². The number of aromatic nitrogens is 2. The Morgan fingerprint density at radius 1 is 1.50 bits per heavy atom. The molecule has 0 radical (unpaired) electrons. The van der Waals surface area contributed by atoms with Crippen molar-refractivity contribution in [3.05, 3.63) is 16.0 Å². The van der Waals surface area contributed by atoms with E-state index in [1.165, 1.54) is 6.33 Å². The highest BCUT2D eigenvalue weighted by atomic mass is 79.9. The van der Waals surface area contributed by atoms with Gasteiger partial charge in [-0.1, -0.05) is 25.4 Å². The van der Waals surface area contributed by atoms with Crippen LogP contribution in [0.3, 0.4) is 0 Å². The standard InChI is InChI=1S/C9H12BrClN2O/c1-6(2)3-4-14-9-7(10)8(11)12-5-13-9/h5-6H,3-4H2,1-2H3. The monoisotopic (exact) mass is 278 g/mol. The van der Waals surface area contributed by atoms with Gasteiger partial charge in [0.25, 0.3) is 0 Å². The van der Waals surface area contributed by atoms with Gasteiger partial charge in [0, 0.05) is 0 Å². The zero-order valence-corrected chi connectivity index (χ0v) is 10.5. The number of hydrogen-bond acceptors (Lipinski definition) is 3. The Bertz CT molecular complexity index is 307. The van der Waals surface area contributed by atoms with Crippen LogP contribution < -0.4 is 4.74 Å². The predicted octanol–water partition coefficient (Wildman–Crippen LogP) is 3.32. The molecule has 0 unspecified atom stereocenters. The lowest BCUT2D eigenvalue weighted by Crippen LogP contribution is -2.03. The lowest BCUT2D eigenvalue weighted by atomic mass is 10.1. The lowest BCUT2D eigenvalue weighted by molar-refractivity contribution is 0.277. The molecule has 0 aromatic carbocycles. The van der Waals surface area contributed by atoms with E-state index in [-0.39, 0.29) is 0 Å². The molecule has 5 heteroatoms. The van der Waals surface area contributed by atoms with Gasteiger partial charge in [0.2, 0.25) is 5.88 Å². The molecule has 0 N–H and O–H groups in total. The van der Waals surface area contributed by atoms with E-state index in [1.807, 2.05) is 0 Å². The summed E-state index contributed by atoms with van der Waals surface area (Å²) in [6.07, 6.45) is 2.38. The second-order valence-corrected chi connectivity index (χ2v) is 4.47. The Balaban J connectivity index is 2.54. The van der Waals surface area contributed by atoms with Gasteiger partial charge in [0.15, 0.2) is 5.15 Å². The minimum absolute atomic E-state index is 0.375. The summed E-state index contributed by atoms with van der Waals surface area (Å²) in [5.74, 6) is 1.12. The average Bonchev–Trinajstić information content (AvgIpc) is 2.12.